The van der Waals surface area contributed by atoms with Gasteiger partial charge in [-0.1, -0.05) is 13.8 Å². The molecule has 1 rings (SSSR count). The van der Waals surface area contributed by atoms with Crippen LogP contribution >= 0.6 is 0 Å². The zero-order chi connectivity index (χ0) is 14.3. The Bertz CT molecular complexity index is 356. The summed E-state index contributed by atoms with van der Waals surface area (Å²) < 4.78 is 0. The molecule has 3 N–H and O–H groups in total. The lowest BCUT2D eigenvalue weighted by atomic mass is 10.2. The molecule has 1 heterocycles. The Kier molecular flexibility index (Phi) is 6.56. The zero-order valence-corrected chi connectivity index (χ0v) is 12.6. The Morgan fingerprint density at radius 1 is 1.32 bits per heavy atom. The number of nitrogens with two attached hydrogens (primary N) is 1. The highest BCUT2D eigenvalue weighted by molar-refractivity contribution is 5.38. The van der Waals surface area contributed by atoms with E-state index < -0.39 is 0 Å². The maximum atomic E-state index is 5.71. The Morgan fingerprint density at radius 2 is 2.00 bits per heavy atom. The highest BCUT2D eigenvalue weighted by atomic mass is 15.1. The molecule has 0 saturated heterocycles. The Labute approximate surface area is 116 Å². The van der Waals surface area contributed by atoms with Gasteiger partial charge in [0.1, 0.15) is 5.82 Å². The highest BCUT2D eigenvalue weighted by Crippen LogP contribution is 2.09. The Hall–Kier alpha value is -1.36. The van der Waals surface area contributed by atoms with Crippen LogP contribution in [0.25, 0.3) is 0 Å². The van der Waals surface area contributed by atoms with Crippen LogP contribution in [0.2, 0.25) is 0 Å². The van der Waals surface area contributed by atoms with Gasteiger partial charge in [-0.2, -0.15) is 4.98 Å². The smallest absolute Gasteiger partial charge is 0.225 e. The summed E-state index contributed by atoms with van der Waals surface area (Å²) in [4.78, 5) is 11.0. The van der Waals surface area contributed by atoms with E-state index in [1.165, 1.54) is 6.42 Å². The molecule has 5 heteroatoms. The van der Waals surface area contributed by atoms with Crippen LogP contribution in [0.1, 0.15) is 39.3 Å². The summed E-state index contributed by atoms with van der Waals surface area (Å²) in [5.41, 5.74) is 6.61. The largest absolute Gasteiger partial charge is 0.384 e. The average Bonchev–Trinajstić information content (AvgIpc) is 2.33. The van der Waals surface area contributed by atoms with Gasteiger partial charge in [0.2, 0.25) is 5.95 Å². The molecule has 0 aliphatic rings. The summed E-state index contributed by atoms with van der Waals surface area (Å²) in [5.74, 6) is 1.15. The van der Waals surface area contributed by atoms with Crippen molar-refractivity contribution in [1.29, 1.82) is 0 Å². The molecule has 0 aliphatic heterocycles. The maximum absolute atomic E-state index is 5.71. The fourth-order valence-electron chi connectivity index (χ4n) is 2.11. The van der Waals surface area contributed by atoms with E-state index >= 15 is 0 Å². The molecular weight excluding hydrogens is 238 g/mol. The van der Waals surface area contributed by atoms with Crippen molar-refractivity contribution in [1.82, 2.24) is 14.9 Å². The van der Waals surface area contributed by atoms with Crippen molar-refractivity contribution in [2.45, 2.75) is 46.6 Å². The summed E-state index contributed by atoms with van der Waals surface area (Å²) in [5, 5.41) is 3.31. The van der Waals surface area contributed by atoms with Crippen LogP contribution < -0.4 is 11.1 Å². The number of hydrogen-bond donors (Lipinski definition) is 2. The van der Waals surface area contributed by atoms with Crippen LogP contribution in [-0.2, 0) is 0 Å². The summed E-state index contributed by atoms with van der Waals surface area (Å²) in [6.07, 6.45) is 2.28. The van der Waals surface area contributed by atoms with Gasteiger partial charge in [-0.3, -0.25) is 0 Å². The topological polar surface area (TPSA) is 67.1 Å². The Morgan fingerprint density at radius 3 is 2.58 bits per heavy atom. The lowest BCUT2D eigenvalue weighted by Gasteiger charge is -2.19. The zero-order valence-electron chi connectivity index (χ0n) is 12.6. The minimum atomic E-state index is 0.358. The number of nitrogen functional groups attached to an aromatic ring is 1. The molecule has 5 nitrogen and oxygen atoms in total. The standard InChI is InChI=1S/C14H27N5/c1-5-19(6-2)9-7-8-11(3)16-14-17-12(4)10-13(15)18-14/h10-11H,5-9H2,1-4H3,(H3,15,16,17,18). The van der Waals surface area contributed by atoms with Gasteiger partial charge in [0, 0.05) is 17.8 Å². The molecule has 0 fully saturated rings. The van der Waals surface area contributed by atoms with Gasteiger partial charge >= 0.3 is 0 Å². The van der Waals surface area contributed by atoms with Crippen LogP contribution in [0.3, 0.4) is 0 Å². The second-order valence-corrected chi connectivity index (χ2v) is 4.97. The Balaban J connectivity index is 2.36. The second-order valence-electron chi connectivity index (χ2n) is 4.97. The number of anilines is 2. The maximum Gasteiger partial charge on any atom is 0.225 e. The molecule has 1 unspecified atom stereocenters. The SMILES string of the molecule is CCN(CC)CCCC(C)Nc1nc(C)cc(N)n1. The third kappa shape index (κ3) is 5.87. The molecule has 1 aromatic rings. The van der Waals surface area contributed by atoms with E-state index in [1.54, 1.807) is 6.07 Å². The first-order valence-electron chi connectivity index (χ1n) is 7.15. The van der Waals surface area contributed by atoms with Gasteiger partial charge in [0.15, 0.2) is 0 Å². The first kappa shape index (κ1) is 15.7. The molecule has 0 saturated carbocycles. The number of aryl methyl sites for hydroxylation is 1. The summed E-state index contributed by atoms with van der Waals surface area (Å²) in [6, 6.07) is 2.13. The van der Waals surface area contributed by atoms with Crippen LogP contribution in [0, 0.1) is 6.92 Å². The number of nitrogens with zero attached hydrogens (tertiary/aromatic N) is 3. The van der Waals surface area contributed by atoms with Gasteiger partial charge in [-0.05, 0) is 46.3 Å². The molecule has 0 spiro atoms. The summed E-state index contributed by atoms with van der Waals surface area (Å²) in [6.45, 7) is 11.9. The molecule has 108 valence electrons. The van der Waals surface area contributed by atoms with Crippen LogP contribution in [0.15, 0.2) is 6.07 Å². The molecule has 0 amide bonds. The first-order chi connectivity index (χ1) is 9.05. The summed E-state index contributed by atoms with van der Waals surface area (Å²) in [7, 11) is 0. The minimum absolute atomic E-state index is 0.358. The molecule has 0 radical (unpaired) electrons. The van der Waals surface area contributed by atoms with Crippen molar-refractivity contribution in [3.63, 3.8) is 0 Å². The fourth-order valence-corrected chi connectivity index (χ4v) is 2.11. The van der Waals surface area contributed by atoms with E-state index in [9.17, 15) is 0 Å². The van der Waals surface area contributed by atoms with Crippen LogP contribution in [0.5, 0.6) is 0 Å². The molecule has 0 aromatic carbocycles. The number of aromatic nitrogens is 2. The summed E-state index contributed by atoms with van der Waals surface area (Å²) >= 11 is 0. The predicted octanol–water partition coefficient (Wildman–Crippen LogP) is 2.29. The van der Waals surface area contributed by atoms with E-state index in [0.717, 1.165) is 31.7 Å². The normalized spacial score (nSPS) is 12.7. The van der Waals surface area contributed by atoms with Gasteiger partial charge in [0.25, 0.3) is 0 Å². The molecule has 0 bridgehead atoms. The quantitative estimate of drug-likeness (QED) is 0.755. The van der Waals surface area contributed by atoms with Gasteiger partial charge < -0.3 is 16.0 Å². The van der Waals surface area contributed by atoms with Gasteiger partial charge in [-0.25, -0.2) is 4.98 Å². The van der Waals surface area contributed by atoms with Gasteiger partial charge in [-0.15, -0.1) is 0 Å². The van der Waals surface area contributed by atoms with E-state index in [4.69, 9.17) is 5.73 Å². The van der Waals surface area contributed by atoms with E-state index in [0.29, 0.717) is 17.8 Å². The van der Waals surface area contributed by atoms with Crippen molar-refractivity contribution in [2.75, 3.05) is 30.7 Å². The molecule has 1 aromatic heterocycles. The first-order valence-corrected chi connectivity index (χ1v) is 7.15. The van der Waals surface area contributed by atoms with Crippen molar-refractivity contribution in [3.8, 4) is 0 Å². The lowest BCUT2D eigenvalue weighted by Crippen LogP contribution is -2.26. The molecule has 1 atom stereocenters. The molecule has 19 heavy (non-hydrogen) atoms. The second kappa shape index (κ2) is 7.94. The van der Waals surface area contributed by atoms with Crippen molar-refractivity contribution in [2.24, 2.45) is 0 Å². The lowest BCUT2D eigenvalue weighted by molar-refractivity contribution is 0.295. The van der Waals surface area contributed by atoms with Crippen LogP contribution in [0.4, 0.5) is 11.8 Å². The monoisotopic (exact) mass is 265 g/mol. The molecule has 0 aliphatic carbocycles. The third-order valence-electron chi connectivity index (χ3n) is 3.26. The van der Waals surface area contributed by atoms with Gasteiger partial charge in [0.05, 0.1) is 0 Å². The molecular formula is C14H27N5. The average molecular weight is 265 g/mol. The third-order valence-corrected chi connectivity index (χ3v) is 3.26. The van der Waals surface area contributed by atoms with Crippen molar-refractivity contribution in [3.05, 3.63) is 11.8 Å². The number of rotatable bonds is 8. The number of nitrogens with one attached hydrogen (secondary N) is 1. The highest BCUT2D eigenvalue weighted by Gasteiger charge is 2.06. The van der Waals surface area contributed by atoms with Crippen molar-refractivity contribution < 1.29 is 0 Å². The predicted molar refractivity (Wildman–Crippen MR) is 81.3 cm³/mol. The van der Waals surface area contributed by atoms with E-state index in [-0.39, 0.29) is 0 Å². The minimum Gasteiger partial charge on any atom is -0.384 e. The van der Waals surface area contributed by atoms with E-state index in [2.05, 4.69) is 41.0 Å². The van der Waals surface area contributed by atoms with Crippen molar-refractivity contribution >= 4 is 11.8 Å². The van der Waals surface area contributed by atoms with E-state index in [1.807, 2.05) is 6.92 Å². The fraction of sp³-hybridized carbons (Fsp3) is 0.714. The van der Waals surface area contributed by atoms with Crippen LogP contribution in [-0.4, -0.2) is 40.5 Å². The number of hydrogen-bond acceptors (Lipinski definition) is 5.